The van der Waals surface area contributed by atoms with E-state index in [-0.39, 0.29) is 5.41 Å². The van der Waals surface area contributed by atoms with E-state index in [0.29, 0.717) is 5.57 Å². The Labute approximate surface area is 140 Å². The molecule has 5 heteroatoms. The minimum absolute atomic E-state index is 0.203. The standard InChI is InChI=1S/C19H18N2O3/c1-19(2)14-8-4-5-9-15(14)20(3)17(19)12-11-13-7-6-10-16(18(13)22)21(23)24/h4-12H,1-3H3/b13-11+,17-12+. The fraction of sp³-hybridized carbons (Fsp3) is 0.211. The number of ketones is 1. The molecule has 1 aromatic carbocycles. The van der Waals surface area contributed by atoms with Crippen LogP contribution in [0.15, 0.2) is 71.6 Å². The average Bonchev–Trinajstić information content (AvgIpc) is 2.74. The van der Waals surface area contributed by atoms with Crippen LogP contribution in [-0.4, -0.2) is 17.8 Å². The summed E-state index contributed by atoms with van der Waals surface area (Å²) in [6.45, 7) is 4.25. The first-order valence-corrected chi connectivity index (χ1v) is 7.67. The Morgan fingerprint density at radius 2 is 1.92 bits per heavy atom. The maximum Gasteiger partial charge on any atom is 0.316 e. The van der Waals surface area contributed by atoms with Crippen molar-refractivity contribution in [2.45, 2.75) is 19.3 Å². The van der Waals surface area contributed by atoms with E-state index >= 15 is 0 Å². The van der Waals surface area contributed by atoms with Gasteiger partial charge in [-0.3, -0.25) is 14.9 Å². The number of anilines is 1. The summed E-state index contributed by atoms with van der Waals surface area (Å²) in [5.41, 5.74) is 3.10. The number of nitro groups is 1. The number of carbonyl (C=O) groups excluding carboxylic acids is 1. The molecule has 0 N–H and O–H groups in total. The lowest BCUT2D eigenvalue weighted by Crippen LogP contribution is -2.22. The number of carbonyl (C=O) groups is 1. The Balaban J connectivity index is 1.99. The van der Waals surface area contributed by atoms with Crippen LogP contribution in [-0.2, 0) is 10.2 Å². The zero-order valence-electron chi connectivity index (χ0n) is 13.8. The molecule has 3 rings (SSSR count). The van der Waals surface area contributed by atoms with Crippen LogP contribution in [0.2, 0.25) is 0 Å². The molecule has 24 heavy (non-hydrogen) atoms. The Hall–Kier alpha value is -2.95. The number of benzene rings is 1. The summed E-state index contributed by atoms with van der Waals surface area (Å²) in [4.78, 5) is 24.5. The number of para-hydroxylation sites is 1. The zero-order chi connectivity index (χ0) is 17.5. The van der Waals surface area contributed by atoms with Crippen LogP contribution >= 0.6 is 0 Å². The number of allylic oxidation sites excluding steroid dienone is 7. The van der Waals surface area contributed by atoms with E-state index in [1.54, 1.807) is 12.2 Å². The number of nitrogens with zero attached hydrogens (tertiary/aromatic N) is 2. The van der Waals surface area contributed by atoms with Gasteiger partial charge in [0.2, 0.25) is 0 Å². The molecule has 0 bridgehead atoms. The molecule has 1 aliphatic heterocycles. The van der Waals surface area contributed by atoms with Crippen molar-refractivity contribution in [3.8, 4) is 0 Å². The first-order chi connectivity index (χ1) is 11.3. The predicted molar refractivity (Wildman–Crippen MR) is 93.3 cm³/mol. The van der Waals surface area contributed by atoms with Gasteiger partial charge in [0.25, 0.3) is 5.78 Å². The summed E-state index contributed by atoms with van der Waals surface area (Å²) in [6, 6.07) is 8.16. The quantitative estimate of drug-likeness (QED) is 0.475. The molecule has 0 radical (unpaired) electrons. The third kappa shape index (κ3) is 2.38. The molecule has 0 unspecified atom stereocenters. The fourth-order valence-corrected chi connectivity index (χ4v) is 3.29. The summed E-state index contributed by atoms with van der Waals surface area (Å²) in [5, 5.41) is 10.9. The van der Waals surface area contributed by atoms with Gasteiger partial charge < -0.3 is 4.90 Å². The summed E-state index contributed by atoms with van der Waals surface area (Å²) in [7, 11) is 1.98. The summed E-state index contributed by atoms with van der Waals surface area (Å²) >= 11 is 0. The van der Waals surface area contributed by atoms with Crippen LogP contribution in [0.3, 0.4) is 0 Å². The van der Waals surface area contributed by atoms with Gasteiger partial charge in [-0.1, -0.05) is 44.2 Å². The monoisotopic (exact) mass is 322 g/mol. The molecule has 1 aromatic rings. The Morgan fingerprint density at radius 3 is 2.58 bits per heavy atom. The lowest BCUT2D eigenvalue weighted by molar-refractivity contribution is -0.418. The van der Waals surface area contributed by atoms with E-state index < -0.39 is 16.4 Å². The van der Waals surface area contributed by atoms with Gasteiger partial charge in [0.05, 0.1) is 4.92 Å². The van der Waals surface area contributed by atoms with Gasteiger partial charge in [-0.05, 0) is 23.8 Å². The van der Waals surface area contributed by atoms with Crippen LogP contribution in [0, 0.1) is 10.1 Å². The number of hydrogen-bond donors (Lipinski definition) is 0. The zero-order valence-corrected chi connectivity index (χ0v) is 13.8. The van der Waals surface area contributed by atoms with Gasteiger partial charge in [0.15, 0.2) is 0 Å². The molecular formula is C19H18N2O3. The summed E-state index contributed by atoms with van der Waals surface area (Å²) in [6.07, 6.45) is 7.90. The number of hydrogen-bond acceptors (Lipinski definition) is 4. The Morgan fingerprint density at radius 1 is 1.21 bits per heavy atom. The molecule has 0 saturated heterocycles. The highest BCUT2D eigenvalue weighted by Crippen LogP contribution is 2.46. The van der Waals surface area contributed by atoms with E-state index in [1.807, 2.05) is 25.3 Å². The van der Waals surface area contributed by atoms with E-state index in [1.165, 1.54) is 17.7 Å². The molecule has 0 spiro atoms. The van der Waals surface area contributed by atoms with Crippen molar-refractivity contribution in [1.82, 2.24) is 0 Å². The summed E-state index contributed by atoms with van der Waals surface area (Å²) < 4.78 is 0. The minimum Gasteiger partial charge on any atom is -0.347 e. The van der Waals surface area contributed by atoms with Crippen molar-refractivity contribution in [1.29, 1.82) is 0 Å². The molecule has 1 heterocycles. The SMILES string of the molecule is CN1/C(=C/C=C2\C=CC=C([N+](=O)[O-])C2=O)C(C)(C)c2ccccc21. The van der Waals surface area contributed by atoms with Gasteiger partial charge in [-0.15, -0.1) is 0 Å². The second kappa shape index (κ2) is 5.60. The van der Waals surface area contributed by atoms with Crippen LogP contribution in [0.4, 0.5) is 5.69 Å². The molecule has 2 aliphatic rings. The van der Waals surface area contributed by atoms with Gasteiger partial charge >= 0.3 is 5.70 Å². The lowest BCUT2D eigenvalue weighted by atomic mass is 9.83. The van der Waals surface area contributed by atoms with Gasteiger partial charge in [0, 0.05) is 35.5 Å². The van der Waals surface area contributed by atoms with E-state index in [2.05, 4.69) is 30.9 Å². The molecule has 0 amide bonds. The maximum absolute atomic E-state index is 12.2. The third-order valence-corrected chi connectivity index (χ3v) is 4.58. The number of Topliss-reactive ketones (excluding diaryl/α,β-unsaturated/α-hetero) is 1. The Bertz CT molecular complexity index is 857. The fourth-order valence-electron chi connectivity index (χ4n) is 3.29. The predicted octanol–water partition coefficient (Wildman–Crippen LogP) is 3.52. The van der Waals surface area contributed by atoms with Crippen molar-refractivity contribution in [2.24, 2.45) is 0 Å². The van der Waals surface area contributed by atoms with Gasteiger partial charge in [-0.25, -0.2) is 0 Å². The molecule has 1 aliphatic carbocycles. The maximum atomic E-state index is 12.2. The Kier molecular flexibility index (Phi) is 3.72. The highest BCUT2D eigenvalue weighted by Gasteiger charge is 2.37. The largest absolute Gasteiger partial charge is 0.347 e. The molecule has 0 fully saturated rings. The van der Waals surface area contributed by atoms with Gasteiger partial charge in [0.1, 0.15) is 0 Å². The summed E-state index contributed by atoms with van der Waals surface area (Å²) in [5.74, 6) is -0.560. The van der Waals surface area contributed by atoms with Crippen LogP contribution < -0.4 is 4.90 Å². The van der Waals surface area contributed by atoms with E-state index in [4.69, 9.17) is 0 Å². The molecule has 5 nitrogen and oxygen atoms in total. The third-order valence-electron chi connectivity index (χ3n) is 4.58. The second-order valence-corrected chi connectivity index (χ2v) is 6.37. The molecule has 122 valence electrons. The molecule has 0 saturated carbocycles. The van der Waals surface area contributed by atoms with Crippen molar-refractivity contribution in [3.63, 3.8) is 0 Å². The average molecular weight is 322 g/mol. The first-order valence-electron chi connectivity index (χ1n) is 7.67. The number of fused-ring (bicyclic) bond motifs is 1. The molecule has 0 atom stereocenters. The first kappa shape index (κ1) is 15.9. The highest BCUT2D eigenvalue weighted by atomic mass is 16.6. The van der Waals surface area contributed by atoms with E-state index in [0.717, 1.165) is 11.4 Å². The topological polar surface area (TPSA) is 63.4 Å². The lowest BCUT2D eigenvalue weighted by Gasteiger charge is -2.23. The minimum atomic E-state index is -0.645. The normalized spacial score (nSPS) is 22.0. The van der Waals surface area contributed by atoms with Crippen molar-refractivity contribution >= 4 is 11.5 Å². The van der Waals surface area contributed by atoms with Crippen molar-refractivity contribution in [2.75, 3.05) is 11.9 Å². The smallest absolute Gasteiger partial charge is 0.316 e. The van der Waals surface area contributed by atoms with E-state index in [9.17, 15) is 14.9 Å². The molecular weight excluding hydrogens is 304 g/mol. The highest BCUT2D eigenvalue weighted by molar-refractivity contribution is 6.10. The van der Waals surface area contributed by atoms with Crippen molar-refractivity contribution in [3.05, 3.63) is 87.3 Å². The number of rotatable bonds is 2. The molecule has 0 aromatic heterocycles. The second-order valence-electron chi connectivity index (χ2n) is 6.37. The van der Waals surface area contributed by atoms with Crippen molar-refractivity contribution < 1.29 is 9.72 Å². The number of likely N-dealkylation sites (N-methyl/N-ethyl adjacent to an activating group) is 1. The van der Waals surface area contributed by atoms with Crippen LogP contribution in [0.25, 0.3) is 0 Å². The van der Waals surface area contributed by atoms with Crippen LogP contribution in [0.1, 0.15) is 19.4 Å². The van der Waals surface area contributed by atoms with Crippen LogP contribution in [0.5, 0.6) is 0 Å². The van der Waals surface area contributed by atoms with Gasteiger partial charge in [-0.2, -0.15) is 0 Å².